The summed E-state index contributed by atoms with van der Waals surface area (Å²) in [6.45, 7) is 17.7. The number of methoxy groups -OCH3 is 1. The van der Waals surface area contributed by atoms with Gasteiger partial charge >= 0.3 is 17.4 Å². The Balaban J connectivity index is 1.37. The van der Waals surface area contributed by atoms with E-state index in [4.69, 9.17) is 23.9 Å². The second-order valence-corrected chi connectivity index (χ2v) is 20.1. The highest BCUT2D eigenvalue weighted by Gasteiger charge is 2.51. The highest BCUT2D eigenvalue weighted by molar-refractivity contribution is 6.21. The number of Topliss-reactive ketones (excluding diaryl/α,β-unsaturated/α-hetero) is 1. The van der Waals surface area contributed by atoms with Gasteiger partial charge in [-0.15, -0.1) is 0 Å². The van der Waals surface area contributed by atoms with E-state index in [-0.39, 0.29) is 49.6 Å². The summed E-state index contributed by atoms with van der Waals surface area (Å²) in [5.74, 6) is -8.21. The van der Waals surface area contributed by atoms with Crippen molar-refractivity contribution in [2.75, 3.05) is 32.1 Å². The Kier molecular flexibility index (Phi) is 14.4. The lowest BCUT2D eigenvalue weighted by molar-refractivity contribution is -0.114. The first-order valence-electron chi connectivity index (χ1n) is 23.7. The average Bonchev–Trinajstić information content (AvgIpc) is 3.82. The third kappa shape index (κ3) is 9.19. The lowest BCUT2D eigenvalue weighted by Gasteiger charge is -2.38. The number of aliphatic hydroxyl groups is 2. The molecule has 5 aliphatic rings. The van der Waals surface area contributed by atoms with Crippen molar-refractivity contribution in [2.45, 2.75) is 111 Å². The van der Waals surface area contributed by atoms with Gasteiger partial charge in [0.25, 0.3) is 17.2 Å². The third-order valence-electron chi connectivity index (χ3n) is 14.5. The quantitative estimate of drug-likeness (QED) is 0.181. The van der Waals surface area contributed by atoms with Crippen molar-refractivity contribution < 1.29 is 53.8 Å². The number of ketones is 1. The number of esters is 1. The minimum absolute atomic E-state index is 0.000259. The predicted molar refractivity (Wildman–Crippen MR) is 258 cm³/mol. The molecule has 6 heterocycles. The van der Waals surface area contributed by atoms with E-state index in [1.54, 1.807) is 39.8 Å². The summed E-state index contributed by atoms with van der Waals surface area (Å²) >= 11 is 0. The standard InChI is InChI=1S/C51H66N6O13/c1-24(2)22-57-19-17-51(18-20-57)53-36-33-34-41(60)30(8)44-35(33)45(62)50(9,70-44)68-21-16-32(67-12)27(5)43(69-48(65)31-23-55(10)49(66)56(11)47(31)64)29(7)40(59)28(6)39(58)25(3)14-13-15-26(4)46(63)52-38(42(34)61)37(36)54-51/h13-16,21,23-25,27-29,32,39-40,43,53,58-61H,17-20,22H2,1-12H3/b14-13+,21-16+,26-15-,52-38?/t25-,27+,28+,29+,32-,39-,40+,43+,50-/m0/s1. The summed E-state index contributed by atoms with van der Waals surface area (Å²) < 4.78 is 26.3. The van der Waals surface area contributed by atoms with Crippen LogP contribution in [0.5, 0.6) is 17.2 Å². The van der Waals surface area contributed by atoms with Crippen LogP contribution in [0.3, 0.4) is 0 Å². The molecule has 5 aliphatic heterocycles. The highest BCUT2D eigenvalue weighted by Crippen LogP contribution is 2.51. The van der Waals surface area contributed by atoms with Crippen LogP contribution < -0.4 is 32.0 Å². The second kappa shape index (κ2) is 19.6. The molecule has 19 nitrogen and oxygen atoms in total. The number of aliphatic hydroxyl groups excluding tert-OH is 2. The number of hydrogen-bond donors (Lipinski definition) is 5. The maximum Gasteiger partial charge on any atom is 0.345 e. The van der Waals surface area contributed by atoms with Crippen LogP contribution >= 0.6 is 0 Å². The van der Waals surface area contributed by atoms with Crippen LogP contribution in [0.2, 0.25) is 0 Å². The summed E-state index contributed by atoms with van der Waals surface area (Å²) in [4.78, 5) is 80.3. The van der Waals surface area contributed by atoms with Gasteiger partial charge in [0.15, 0.2) is 5.75 Å². The lowest BCUT2D eigenvalue weighted by Crippen LogP contribution is -2.47. The van der Waals surface area contributed by atoms with Crippen LogP contribution in [0.15, 0.2) is 61.9 Å². The largest absolute Gasteiger partial charge is 0.507 e. The molecular weight excluding hydrogens is 905 g/mol. The first-order valence-corrected chi connectivity index (χ1v) is 23.7. The van der Waals surface area contributed by atoms with Gasteiger partial charge in [-0.05, 0) is 25.8 Å². The number of anilines is 1. The van der Waals surface area contributed by atoms with E-state index in [2.05, 4.69) is 29.1 Å². The fourth-order valence-electron chi connectivity index (χ4n) is 10.2. The molecule has 5 N–H and O–H groups in total. The van der Waals surface area contributed by atoms with Gasteiger partial charge in [-0.3, -0.25) is 23.9 Å². The van der Waals surface area contributed by atoms with Gasteiger partial charge in [-0.1, -0.05) is 59.8 Å². The number of likely N-dealkylation sites (tertiary alicyclic amines) is 1. The number of rotatable bonds is 5. The molecule has 9 atom stereocenters. The van der Waals surface area contributed by atoms with Crippen molar-refractivity contribution in [2.24, 2.45) is 53.7 Å². The Morgan fingerprint density at radius 3 is 2.26 bits per heavy atom. The zero-order valence-corrected chi connectivity index (χ0v) is 41.9. The molecule has 2 aromatic carbocycles. The van der Waals surface area contributed by atoms with E-state index in [1.165, 1.54) is 60.4 Å². The van der Waals surface area contributed by atoms with E-state index in [0.29, 0.717) is 31.8 Å². The number of fused-ring (bicyclic) bond motifs is 13. The summed E-state index contributed by atoms with van der Waals surface area (Å²) in [7, 11) is 4.01. The van der Waals surface area contributed by atoms with E-state index < -0.39 is 106 Å². The number of nitrogens with one attached hydrogen (secondary N) is 1. The van der Waals surface area contributed by atoms with Gasteiger partial charge in [-0.2, -0.15) is 0 Å². The first kappa shape index (κ1) is 51.7. The van der Waals surface area contributed by atoms with Gasteiger partial charge < -0.3 is 54.2 Å². The zero-order valence-electron chi connectivity index (χ0n) is 41.9. The molecule has 0 unspecified atom stereocenters. The molecule has 0 aliphatic carbocycles. The van der Waals surface area contributed by atoms with E-state index >= 15 is 0 Å². The molecule has 0 radical (unpaired) electrons. The van der Waals surface area contributed by atoms with Crippen molar-refractivity contribution >= 4 is 34.1 Å². The normalized spacial score (nSPS) is 30.0. The van der Waals surface area contributed by atoms with E-state index in [9.17, 15) is 44.4 Å². The summed E-state index contributed by atoms with van der Waals surface area (Å²) in [5.41, 5.74) is -2.33. The molecule has 8 rings (SSSR count). The Hall–Kier alpha value is -6.15. The van der Waals surface area contributed by atoms with Gasteiger partial charge in [0.1, 0.15) is 39.5 Å². The number of benzene rings is 2. The number of phenols is 2. The van der Waals surface area contributed by atoms with Crippen LogP contribution in [0.25, 0.3) is 10.8 Å². The van der Waals surface area contributed by atoms with Crippen LogP contribution in [0.1, 0.15) is 94.5 Å². The molecule has 1 amide bonds. The number of carbonyl (C=O) groups is 3. The fraction of sp³-hybridized carbons (Fsp3) is 0.549. The van der Waals surface area contributed by atoms with Crippen molar-refractivity contribution in [1.29, 1.82) is 0 Å². The molecule has 19 heteroatoms. The number of allylic oxidation sites excluding steroid dienone is 2. The smallest absolute Gasteiger partial charge is 0.345 e. The molecule has 1 fully saturated rings. The predicted octanol–water partition coefficient (Wildman–Crippen LogP) is 3.44. The maximum atomic E-state index is 14.9. The number of aryl methyl sites for hydroxylation is 1. The minimum Gasteiger partial charge on any atom is -0.507 e. The maximum absolute atomic E-state index is 14.9. The van der Waals surface area contributed by atoms with Crippen LogP contribution in [0, 0.1) is 36.5 Å². The van der Waals surface area contributed by atoms with Crippen LogP contribution in [-0.2, 0) is 33.1 Å². The summed E-state index contributed by atoms with van der Waals surface area (Å²) in [6, 6.07) is 0. The molecule has 0 saturated carbocycles. The van der Waals surface area contributed by atoms with Gasteiger partial charge in [0, 0.05) is 107 Å². The molecule has 3 aromatic rings. The van der Waals surface area contributed by atoms with E-state index in [0.717, 1.165) is 21.9 Å². The fourth-order valence-corrected chi connectivity index (χ4v) is 10.2. The van der Waals surface area contributed by atoms with Crippen molar-refractivity contribution in [1.82, 2.24) is 14.0 Å². The number of hydrogen-bond acceptors (Lipinski definition) is 16. The minimum atomic E-state index is -2.05. The molecule has 1 spiro atoms. The topological polar surface area (TPSA) is 253 Å². The summed E-state index contributed by atoms with van der Waals surface area (Å²) in [6.07, 6.45) is 4.92. The number of aromatic hydroxyl groups is 2. The van der Waals surface area contributed by atoms with Gasteiger partial charge in [0.05, 0.1) is 41.2 Å². The molecule has 5 bridgehead atoms. The van der Waals surface area contributed by atoms with Crippen molar-refractivity contribution in [3.05, 3.63) is 90.6 Å². The second-order valence-electron chi connectivity index (χ2n) is 20.1. The molecular formula is C51H66N6O13. The summed E-state index contributed by atoms with van der Waals surface area (Å²) in [5, 5.41) is 51.1. The van der Waals surface area contributed by atoms with Crippen LogP contribution in [-0.4, -0.2) is 115 Å². The van der Waals surface area contributed by atoms with Crippen LogP contribution in [0.4, 0.5) is 5.69 Å². The lowest BCUT2D eigenvalue weighted by atomic mass is 9.78. The molecule has 1 saturated heterocycles. The average molecular weight is 971 g/mol. The zero-order chi connectivity index (χ0) is 51.5. The van der Waals surface area contributed by atoms with Crippen molar-refractivity contribution in [3.63, 3.8) is 0 Å². The van der Waals surface area contributed by atoms with Gasteiger partial charge in [0.2, 0.25) is 0 Å². The Morgan fingerprint density at radius 2 is 1.61 bits per heavy atom. The molecule has 1 aromatic heterocycles. The SMILES string of the molecule is CO[C@H]1/C=C/O[C@@]2(C)Oc3c(C)c(O)c4c(O)c(c5c(c4c3C2=O)NC2(CCN(CC(C)C)CC2)N=5)=NC(=O)/C(C)=C\C=C\[C@H](C)[C@H](O)[C@@H](C)[C@@H](O)[C@@H](C)[C@H](OC(=O)c2cn(C)c(=O)n(C)c2=O)[C@@H]1C. The van der Waals surface area contributed by atoms with Crippen molar-refractivity contribution in [3.8, 4) is 17.2 Å². The first-order chi connectivity index (χ1) is 32.9. The Bertz CT molecular complexity index is 2960. The Morgan fingerprint density at radius 1 is 0.943 bits per heavy atom. The van der Waals surface area contributed by atoms with Gasteiger partial charge in [-0.25, -0.2) is 14.6 Å². The monoisotopic (exact) mass is 970 g/mol. The third-order valence-corrected chi connectivity index (χ3v) is 14.5. The number of aromatic nitrogens is 2. The number of amides is 1. The number of phenolic OH excluding ortho intramolecular Hbond substituents is 2. The Labute approximate surface area is 405 Å². The number of ether oxygens (including phenoxy) is 4. The highest BCUT2D eigenvalue weighted by atomic mass is 16.7. The van der Waals surface area contributed by atoms with E-state index in [1.807, 2.05) is 0 Å². The molecule has 70 heavy (non-hydrogen) atoms. The molecule has 378 valence electrons. The number of carbonyl (C=O) groups excluding carboxylic acids is 3. The number of nitrogens with zero attached hydrogens (tertiary/aromatic N) is 5. The number of piperidine rings is 1.